The van der Waals surface area contributed by atoms with E-state index in [1.807, 2.05) is 6.92 Å². The maximum Gasteiger partial charge on any atom is 0.352 e. The average molecular weight is 555 g/mol. The van der Waals surface area contributed by atoms with Gasteiger partial charge in [0.15, 0.2) is 4.34 Å². The number of phenols is 1. The van der Waals surface area contributed by atoms with E-state index in [2.05, 4.69) is 15.5 Å². The lowest BCUT2D eigenvalue weighted by atomic mass is 10.0. The van der Waals surface area contributed by atoms with Crippen LogP contribution in [0.3, 0.4) is 0 Å². The Hall–Kier alpha value is -2.42. The van der Waals surface area contributed by atoms with Gasteiger partial charge in [0, 0.05) is 28.1 Å². The number of aromatic hydroxyl groups is 1. The van der Waals surface area contributed by atoms with Crippen molar-refractivity contribution < 1.29 is 28.8 Å². The first-order valence-electron chi connectivity index (χ1n) is 10.5. The highest BCUT2D eigenvalue weighted by Crippen LogP contribution is 2.41. The Bertz CT molecular complexity index is 1210. The van der Waals surface area contributed by atoms with Crippen LogP contribution >= 0.6 is 34.9 Å². The molecule has 1 fully saturated rings. The summed E-state index contributed by atoms with van der Waals surface area (Å²) in [5.41, 5.74) is 0.576. The summed E-state index contributed by atoms with van der Waals surface area (Å²) in [6.07, 6.45) is -0.0700. The first-order valence-corrected chi connectivity index (χ1v) is 14.5. The first-order chi connectivity index (χ1) is 16.7. The average Bonchev–Trinajstić information content (AvgIpc) is 3.25. The van der Waals surface area contributed by atoms with Gasteiger partial charge in [-0.1, -0.05) is 23.1 Å². The molecule has 3 unspecified atom stereocenters. The first kappa shape index (κ1) is 25.7. The highest BCUT2D eigenvalue weighted by atomic mass is 32.2. The van der Waals surface area contributed by atoms with E-state index in [0.717, 1.165) is 9.35 Å². The number of amides is 2. The predicted molar refractivity (Wildman–Crippen MR) is 134 cm³/mol. The van der Waals surface area contributed by atoms with Crippen molar-refractivity contribution in [2.45, 2.75) is 46.2 Å². The molecule has 1 aromatic heterocycles. The summed E-state index contributed by atoms with van der Waals surface area (Å²) in [6.45, 7) is 3.51. The smallest absolute Gasteiger partial charge is 0.352 e. The summed E-state index contributed by atoms with van der Waals surface area (Å²) >= 11 is 4.19. The predicted octanol–water partition coefficient (Wildman–Crippen LogP) is 1.97. The van der Waals surface area contributed by atoms with Crippen LogP contribution in [0.2, 0.25) is 0 Å². The lowest BCUT2D eigenvalue weighted by Gasteiger charge is -2.49. The summed E-state index contributed by atoms with van der Waals surface area (Å²) in [6, 6.07) is 5.09. The van der Waals surface area contributed by atoms with E-state index in [9.17, 15) is 28.8 Å². The van der Waals surface area contributed by atoms with Crippen molar-refractivity contribution in [1.82, 2.24) is 20.4 Å². The zero-order valence-corrected chi connectivity index (χ0v) is 21.9. The molecular weight excluding hydrogens is 533 g/mol. The fourth-order valence-electron chi connectivity index (χ4n) is 3.66. The lowest BCUT2D eigenvalue weighted by Crippen LogP contribution is -2.70. The summed E-state index contributed by atoms with van der Waals surface area (Å²) < 4.78 is 13.4. The van der Waals surface area contributed by atoms with E-state index in [4.69, 9.17) is 0 Å². The van der Waals surface area contributed by atoms with Crippen molar-refractivity contribution in [3.8, 4) is 5.75 Å². The summed E-state index contributed by atoms with van der Waals surface area (Å²) in [5.74, 6) is -1.26. The molecule has 1 aromatic carbocycles. The number of carbonyl (C=O) groups excluding carboxylic acids is 2. The van der Waals surface area contributed by atoms with Crippen LogP contribution in [0.15, 0.2) is 44.8 Å². The number of aryl methyl sites for hydroxylation is 1. The Morgan fingerprint density at radius 2 is 2.03 bits per heavy atom. The number of nitrogens with one attached hydrogen (secondary N) is 1. The monoisotopic (exact) mass is 554 g/mol. The Labute approximate surface area is 216 Å². The number of aliphatic carboxylic acids is 1. The van der Waals surface area contributed by atoms with Gasteiger partial charge in [-0.2, -0.15) is 0 Å². The Morgan fingerprint density at radius 3 is 2.66 bits per heavy atom. The Balaban J connectivity index is 1.37. The van der Waals surface area contributed by atoms with E-state index in [0.29, 0.717) is 22.0 Å². The molecule has 2 amide bonds. The third-order valence-corrected chi connectivity index (χ3v) is 10.4. The molecule has 0 bridgehead atoms. The second kappa shape index (κ2) is 10.7. The van der Waals surface area contributed by atoms with E-state index in [1.54, 1.807) is 6.92 Å². The van der Waals surface area contributed by atoms with Gasteiger partial charge in [0.2, 0.25) is 5.91 Å². The fourth-order valence-corrected chi connectivity index (χ4v) is 8.13. The van der Waals surface area contributed by atoms with E-state index >= 15 is 0 Å². The van der Waals surface area contributed by atoms with Crippen LogP contribution in [-0.4, -0.2) is 75.5 Å². The standard InChI is InChI=1S/C21H22N4O6S4/c1-10(35(31)14-5-3-13(26)4-6-14)7-15(27)22-16-18(28)25-17(20(29)30)12(8-32-19(16)25)9-33-21-24-23-11(2)34-21/h3-6,10,16,19,26H,7-9H2,1-2H3,(H,22,27)(H,29,30)/t10?,16?,19-,35?/m0/s1. The number of β-lactam (4-membered cyclic amide) rings is 1. The van der Waals surface area contributed by atoms with Crippen LogP contribution in [0.1, 0.15) is 18.4 Å². The summed E-state index contributed by atoms with van der Waals surface area (Å²) in [7, 11) is -1.47. The molecule has 4 atom stereocenters. The van der Waals surface area contributed by atoms with Crippen LogP contribution in [0.4, 0.5) is 0 Å². The van der Waals surface area contributed by atoms with Crippen LogP contribution in [0, 0.1) is 6.92 Å². The molecule has 0 aliphatic carbocycles. The SMILES string of the molecule is Cc1nnc(SCC2=C(C(=O)O)N3C(=O)C(NC(=O)CC(C)S(=O)c4ccc(O)cc4)[C@@H]3SC2)s1. The van der Waals surface area contributed by atoms with Gasteiger partial charge in [-0.25, -0.2) is 4.79 Å². The molecule has 3 N–H and O–H groups in total. The van der Waals surface area contributed by atoms with Gasteiger partial charge in [-0.3, -0.25) is 18.7 Å². The number of hydrogen-bond donors (Lipinski definition) is 3. The minimum absolute atomic E-state index is 0.0419. The zero-order chi connectivity index (χ0) is 25.3. The van der Waals surface area contributed by atoms with Crippen LogP contribution < -0.4 is 5.32 Å². The molecule has 35 heavy (non-hydrogen) atoms. The second-order valence-corrected chi connectivity index (χ2v) is 13.3. The number of thioether (sulfide) groups is 2. The molecular formula is C21H22N4O6S4. The van der Waals surface area contributed by atoms with Crippen molar-refractivity contribution in [2.24, 2.45) is 0 Å². The number of benzene rings is 1. The van der Waals surface area contributed by atoms with Gasteiger partial charge in [0.05, 0.1) is 10.8 Å². The van der Waals surface area contributed by atoms with Gasteiger partial charge in [-0.05, 0) is 43.7 Å². The van der Waals surface area contributed by atoms with Crippen molar-refractivity contribution >= 4 is 63.4 Å². The zero-order valence-electron chi connectivity index (χ0n) is 18.7. The molecule has 14 heteroatoms. The molecule has 0 saturated carbocycles. The van der Waals surface area contributed by atoms with Crippen molar-refractivity contribution in [3.63, 3.8) is 0 Å². The number of aromatic nitrogens is 2. The molecule has 2 aromatic rings. The van der Waals surface area contributed by atoms with E-state index < -0.39 is 45.2 Å². The maximum absolute atomic E-state index is 12.8. The highest BCUT2D eigenvalue weighted by molar-refractivity contribution is 8.01. The van der Waals surface area contributed by atoms with Gasteiger partial charge >= 0.3 is 5.97 Å². The largest absolute Gasteiger partial charge is 0.508 e. The molecule has 0 spiro atoms. The molecule has 2 aliphatic heterocycles. The molecule has 10 nitrogen and oxygen atoms in total. The third-order valence-electron chi connectivity index (χ3n) is 5.35. The lowest BCUT2D eigenvalue weighted by molar-refractivity contribution is -0.150. The molecule has 1 saturated heterocycles. The molecule has 2 aliphatic rings. The molecule has 0 radical (unpaired) electrons. The van der Waals surface area contributed by atoms with Crippen molar-refractivity contribution in [1.29, 1.82) is 0 Å². The van der Waals surface area contributed by atoms with Gasteiger partial charge in [-0.15, -0.1) is 22.0 Å². The second-order valence-electron chi connectivity index (χ2n) is 7.89. The van der Waals surface area contributed by atoms with Crippen LogP contribution in [0.5, 0.6) is 5.75 Å². The Kier molecular flexibility index (Phi) is 7.83. The number of rotatable bonds is 9. The third kappa shape index (κ3) is 5.55. The minimum atomic E-state index is -1.47. The number of carboxylic acid groups (broad SMARTS) is 1. The number of hydrogen-bond acceptors (Lipinski definition) is 10. The quantitative estimate of drug-likeness (QED) is 0.310. The summed E-state index contributed by atoms with van der Waals surface area (Å²) in [4.78, 5) is 39.1. The number of nitrogens with zero attached hydrogens (tertiary/aromatic N) is 3. The number of carbonyl (C=O) groups is 3. The van der Waals surface area contributed by atoms with Crippen molar-refractivity contribution in [2.75, 3.05) is 11.5 Å². The van der Waals surface area contributed by atoms with E-state index in [-0.39, 0.29) is 17.9 Å². The van der Waals surface area contributed by atoms with Gasteiger partial charge in [0.1, 0.15) is 27.9 Å². The number of fused-ring (bicyclic) bond motifs is 1. The Morgan fingerprint density at radius 1 is 1.31 bits per heavy atom. The van der Waals surface area contributed by atoms with Crippen molar-refractivity contribution in [3.05, 3.63) is 40.5 Å². The molecule has 186 valence electrons. The van der Waals surface area contributed by atoms with Gasteiger partial charge in [0.25, 0.3) is 5.91 Å². The molecule has 4 rings (SSSR count). The molecule has 3 heterocycles. The fraction of sp³-hybridized carbons (Fsp3) is 0.381. The minimum Gasteiger partial charge on any atom is -0.508 e. The number of carboxylic acids is 1. The van der Waals surface area contributed by atoms with E-state index in [1.165, 1.54) is 64.0 Å². The number of phenolic OH excluding ortho intramolecular Hbond substituents is 1. The topological polar surface area (TPSA) is 150 Å². The maximum atomic E-state index is 12.8. The highest BCUT2D eigenvalue weighted by Gasteiger charge is 2.54. The van der Waals surface area contributed by atoms with Gasteiger partial charge < -0.3 is 15.5 Å². The van der Waals surface area contributed by atoms with Crippen LogP contribution in [-0.2, 0) is 25.2 Å². The summed E-state index contributed by atoms with van der Waals surface area (Å²) in [5, 5.41) is 29.6. The normalized spacial score (nSPS) is 21.2. The van der Waals surface area contributed by atoms with Crippen LogP contribution in [0.25, 0.3) is 0 Å².